The fourth-order valence-electron chi connectivity index (χ4n) is 2.70. The summed E-state index contributed by atoms with van der Waals surface area (Å²) in [6.07, 6.45) is 0.970. The van der Waals surface area contributed by atoms with Gasteiger partial charge in [-0.3, -0.25) is 14.4 Å². The standard InChI is InChI=1S/C16H28N2O4S/c1-5-23-14(11(2)3)15(20)17(4)10-13(19)18-8-6-12(7-9-18)16(21)22/h11-12,14H,5-10H2,1-4H3,(H,21,22). The highest BCUT2D eigenvalue weighted by Crippen LogP contribution is 2.22. The molecule has 0 aromatic rings. The van der Waals surface area contributed by atoms with Gasteiger partial charge < -0.3 is 14.9 Å². The fraction of sp³-hybridized carbons (Fsp3) is 0.812. The van der Waals surface area contributed by atoms with Crippen molar-refractivity contribution < 1.29 is 19.5 Å². The molecule has 0 bridgehead atoms. The number of carbonyl (C=O) groups is 3. The van der Waals surface area contributed by atoms with Crippen molar-refractivity contribution >= 4 is 29.5 Å². The van der Waals surface area contributed by atoms with E-state index in [0.717, 1.165) is 5.75 Å². The van der Waals surface area contributed by atoms with Crippen LogP contribution in [0.1, 0.15) is 33.6 Å². The largest absolute Gasteiger partial charge is 0.481 e. The van der Waals surface area contributed by atoms with Crippen LogP contribution in [0.5, 0.6) is 0 Å². The zero-order valence-electron chi connectivity index (χ0n) is 14.4. The first-order chi connectivity index (χ1) is 10.8. The number of hydrogen-bond acceptors (Lipinski definition) is 4. The Hall–Kier alpha value is -1.24. The van der Waals surface area contributed by atoms with Gasteiger partial charge >= 0.3 is 5.97 Å². The summed E-state index contributed by atoms with van der Waals surface area (Å²) in [7, 11) is 1.66. The van der Waals surface area contributed by atoms with Crippen molar-refractivity contribution in [2.45, 2.75) is 38.9 Å². The summed E-state index contributed by atoms with van der Waals surface area (Å²) in [6, 6.07) is 0. The summed E-state index contributed by atoms with van der Waals surface area (Å²) < 4.78 is 0. The first-order valence-electron chi connectivity index (χ1n) is 8.15. The maximum absolute atomic E-state index is 12.5. The number of nitrogens with zero attached hydrogens (tertiary/aromatic N) is 2. The summed E-state index contributed by atoms with van der Waals surface area (Å²) >= 11 is 1.61. The number of carboxylic acid groups (broad SMARTS) is 1. The summed E-state index contributed by atoms with van der Waals surface area (Å²) in [5.74, 6) is -0.185. The second-order valence-electron chi connectivity index (χ2n) is 6.31. The second-order valence-corrected chi connectivity index (χ2v) is 7.73. The van der Waals surface area contributed by atoms with E-state index in [1.165, 1.54) is 4.90 Å². The molecule has 0 aliphatic carbocycles. The van der Waals surface area contributed by atoms with Crippen molar-refractivity contribution in [3.8, 4) is 0 Å². The van der Waals surface area contributed by atoms with Gasteiger partial charge in [0, 0.05) is 20.1 Å². The van der Waals surface area contributed by atoms with Gasteiger partial charge in [0.05, 0.1) is 17.7 Å². The fourth-order valence-corrected chi connectivity index (χ4v) is 3.77. The molecule has 0 spiro atoms. The molecule has 1 atom stereocenters. The van der Waals surface area contributed by atoms with Crippen LogP contribution in [-0.2, 0) is 14.4 Å². The van der Waals surface area contributed by atoms with Gasteiger partial charge in [-0.25, -0.2) is 0 Å². The van der Waals surface area contributed by atoms with Gasteiger partial charge in [-0.15, -0.1) is 11.8 Å². The number of carbonyl (C=O) groups excluding carboxylic acids is 2. The first kappa shape index (κ1) is 19.8. The van der Waals surface area contributed by atoms with Gasteiger partial charge in [0.25, 0.3) is 0 Å². The van der Waals surface area contributed by atoms with Gasteiger partial charge in [0.1, 0.15) is 0 Å². The third-order valence-corrected chi connectivity index (χ3v) is 5.58. The highest BCUT2D eigenvalue weighted by Gasteiger charge is 2.30. The molecule has 1 N–H and O–H groups in total. The van der Waals surface area contributed by atoms with Crippen LogP contribution < -0.4 is 0 Å². The molecule has 1 heterocycles. The zero-order valence-corrected chi connectivity index (χ0v) is 15.3. The summed E-state index contributed by atoms with van der Waals surface area (Å²) in [4.78, 5) is 38.9. The molecule has 1 aliphatic rings. The number of aliphatic carboxylic acids is 1. The third kappa shape index (κ3) is 5.71. The van der Waals surface area contributed by atoms with Gasteiger partial charge in [-0.05, 0) is 24.5 Å². The van der Waals surface area contributed by atoms with E-state index >= 15 is 0 Å². The van der Waals surface area contributed by atoms with Crippen LogP contribution in [0, 0.1) is 11.8 Å². The number of carboxylic acids is 1. The minimum Gasteiger partial charge on any atom is -0.481 e. The van der Waals surface area contributed by atoms with E-state index in [9.17, 15) is 14.4 Å². The molecule has 6 nitrogen and oxygen atoms in total. The molecule has 132 valence electrons. The van der Waals surface area contributed by atoms with Crippen molar-refractivity contribution in [2.75, 3.05) is 32.4 Å². The van der Waals surface area contributed by atoms with E-state index in [0.29, 0.717) is 25.9 Å². The maximum atomic E-state index is 12.5. The molecule has 23 heavy (non-hydrogen) atoms. The number of thioether (sulfide) groups is 1. The Morgan fingerprint density at radius 2 is 1.83 bits per heavy atom. The molecule has 0 saturated carbocycles. The van der Waals surface area contributed by atoms with E-state index in [4.69, 9.17) is 5.11 Å². The predicted molar refractivity (Wildman–Crippen MR) is 91.3 cm³/mol. The number of likely N-dealkylation sites (N-methyl/N-ethyl adjacent to an activating group) is 1. The molecule has 1 unspecified atom stereocenters. The van der Waals surface area contributed by atoms with E-state index in [1.807, 2.05) is 20.8 Å². The SMILES string of the molecule is CCSC(C(=O)N(C)CC(=O)N1CCC(C(=O)O)CC1)C(C)C. The van der Waals surface area contributed by atoms with Crippen molar-refractivity contribution in [3.05, 3.63) is 0 Å². The van der Waals surface area contributed by atoms with Crippen LogP contribution in [0.15, 0.2) is 0 Å². The topological polar surface area (TPSA) is 77.9 Å². The molecule has 1 rings (SSSR count). The molecule has 7 heteroatoms. The number of likely N-dealkylation sites (tertiary alicyclic amines) is 1. The molecular weight excluding hydrogens is 316 g/mol. The Kier molecular flexibility index (Phi) is 7.88. The minimum atomic E-state index is -0.791. The normalized spacial score (nSPS) is 17.2. The number of piperidine rings is 1. The van der Waals surface area contributed by atoms with Crippen molar-refractivity contribution in [3.63, 3.8) is 0 Å². The maximum Gasteiger partial charge on any atom is 0.306 e. The third-order valence-electron chi connectivity index (χ3n) is 4.14. The Morgan fingerprint density at radius 1 is 1.26 bits per heavy atom. The molecule has 1 aliphatic heterocycles. The van der Waals surface area contributed by atoms with E-state index in [2.05, 4.69) is 0 Å². The summed E-state index contributed by atoms with van der Waals surface area (Å²) in [5.41, 5.74) is 0. The quantitative estimate of drug-likeness (QED) is 0.758. The lowest BCUT2D eigenvalue weighted by atomic mass is 9.97. The molecule has 0 aromatic heterocycles. The molecule has 0 aromatic carbocycles. The number of rotatable bonds is 7. The Labute approximate surface area is 142 Å². The summed E-state index contributed by atoms with van der Waals surface area (Å²) in [5, 5.41) is 8.86. The molecule has 1 saturated heterocycles. The van der Waals surface area contributed by atoms with Gasteiger partial charge in [-0.2, -0.15) is 0 Å². The lowest BCUT2D eigenvalue weighted by molar-refractivity contribution is -0.146. The van der Waals surface area contributed by atoms with E-state index in [-0.39, 0.29) is 35.4 Å². The van der Waals surface area contributed by atoms with Crippen LogP contribution in [0.2, 0.25) is 0 Å². The van der Waals surface area contributed by atoms with Gasteiger partial charge in [-0.1, -0.05) is 20.8 Å². The first-order valence-corrected chi connectivity index (χ1v) is 9.19. The van der Waals surface area contributed by atoms with E-state index < -0.39 is 5.97 Å². The van der Waals surface area contributed by atoms with Gasteiger partial charge in [0.15, 0.2) is 0 Å². The monoisotopic (exact) mass is 344 g/mol. The second kappa shape index (κ2) is 9.15. The van der Waals surface area contributed by atoms with Crippen molar-refractivity contribution in [1.29, 1.82) is 0 Å². The van der Waals surface area contributed by atoms with Crippen LogP contribution in [-0.4, -0.2) is 70.4 Å². The van der Waals surface area contributed by atoms with E-state index in [1.54, 1.807) is 23.7 Å². The zero-order chi connectivity index (χ0) is 17.6. The average molecular weight is 344 g/mol. The number of amides is 2. The minimum absolute atomic E-state index is 0.0133. The molecule has 0 radical (unpaired) electrons. The average Bonchev–Trinajstić information content (AvgIpc) is 2.51. The van der Waals surface area contributed by atoms with Crippen molar-refractivity contribution in [1.82, 2.24) is 9.80 Å². The molecule has 2 amide bonds. The molecule has 1 fully saturated rings. The Balaban J connectivity index is 2.53. The van der Waals surface area contributed by atoms with Gasteiger partial charge in [0.2, 0.25) is 11.8 Å². The Morgan fingerprint density at radius 3 is 2.26 bits per heavy atom. The molecular formula is C16H28N2O4S. The van der Waals surface area contributed by atoms with Crippen LogP contribution in [0.4, 0.5) is 0 Å². The summed E-state index contributed by atoms with van der Waals surface area (Å²) in [6.45, 7) is 7.01. The highest BCUT2D eigenvalue weighted by molar-refractivity contribution is 8.00. The smallest absolute Gasteiger partial charge is 0.306 e. The van der Waals surface area contributed by atoms with Crippen molar-refractivity contribution in [2.24, 2.45) is 11.8 Å². The Bertz CT molecular complexity index is 434. The number of hydrogen-bond donors (Lipinski definition) is 1. The lowest BCUT2D eigenvalue weighted by Gasteiger charge is -2.32. The lowest BCUT2D eigenvalue weighted by Crippen LogP contribution is -2.47. The van der Waals surface area contributed by atoms with Crippen LogP contribution in [0.25, 0.3) is 0 Å². The predicted octanol–water partition coefficient (Wildman–Crippen LogP) is 1.55. The van der Waals surface area contributed by atoms with Crippen LogP contribution >= 0.6 is 11.8 Å². The van der Waals surface area contributed by atoms with Crippen LogP contribution in [0.3, 0.4) is 0 Å². The highest BCUT2D eigenvalue weighted by atomic mass is 32.2.